The first-order valence-electron chi connectivity index (χ1n) is 17.7. The molecule has 51 heavy (non-hydrogen) atoms. The monoisotopic (exact) mass is 853 g/mol. The van der Waals surface area contributed by atoms with Crippen LogP contribution in [0.3, 0.4) is 0 Å². The summed E-state index contributed by atoms with van der Waals surface area (Å²) < 4.78 is 10.9. The molecule has 7 rings (SSSR count). The Morgan fingerprint density at radius 2 is 1.57 bits per heavy atom. The van der Waals surface area contributed by atoms with E-state index in [4.69, 9.17) is 14.8 Å². The second-order valence-electron chi connectivity index (χ2n) is 15.3. The van der Waals surface area contributed by atoms with Crippen LogP contribution in [0.25, 0.3) is 44.4 Å². The van der Waals surface area contributed by atoms with E-state index >= 15 is 0 Å². The van der Waals surface area contributed by atoms with Crippen LogP contribution in [0.2, 0.25) is 0 Å². The Labute approximate surface area is 317 Å². The number of aryl methyl sites for hydroxylation is 2. The minimum absolute atomic E-state index is 0. The normalized spacial score (nSPS) is 12.4. The molecular formula is C45H46N4OPt. The van der Waals surface area contributed by atoms with Crippen molar-refractivity contribution < 1.29 is 25.8 Å². The van der Waals surface area contributed by atoms with E-state index in [1.165, 1.54) is 16.5 Å². The van der Waals surface area contributed by atoms with Gasteiger partial charge in [-0.15, -0.1) is 35.7 Å². The topological polar surface area (TPSA) is 44.9 Å². The summed E-state index contributed by atoms with van der Waals surface area (Å²) in [6.45, 7) is 19.9. The standard InChI is InChI=1S/C45H46N4O.Pt/c1-28(2)30(4)35-15-18-41-40(24-35)39-17-16-37(26-42(39)48(41)43-21-29(3)19-20-46-43)50-38-23-33(27-45(7,8)9)22-36(25-38)49-32(6)44(31(5)47-49)34-13-11-10-12-14-34;/h10-24,28,30H,27H2,1-9H3;/q-2;+2. The maximum Gasteiger partial charge on any atom is 2.00 e. The molecule has 0 radical (unpaired) electrons. The van der Waals surface area contributed by atoms with E-state index in [2.05, 4.69) is 146 Å². The molecule has 4 aromatic carbocycles. The first-order chi connectivity index (χ1) is 23.9. The summed E-state index contributed by atoms with van der Waals surface area (Å²) >= 11 is 0. The fraction of sp³-hybridized carbons (Fsp3) is 0.289. The van der Waals surface area contributed by atoms with E-state index in [9.17, 15) is 0 Å². The van der Waals surface area contributed by atoms with Gasteiger partial charge < -0.3 is 9.30 Å². The number of hydrogen-bond donors (Lipinski definition) is 0. The van der Waals surface area contributed by atoms with Crippen molar-refractivity contribution in [3.8, 4) is 34.1 Å². The van der Waals surface area contributed by atoms with E-state index in [-0.39, 0.29) is 26.5 Å². The average Bonchev–Trinajstić information content (AvgIpc) is 3.55. The Morgan fingerprint density at radius 3 is 2.27 bits per heavy atom. The number of aromatic nitrogens is 4. The van der Waals surface area contributed by atoms with Gasteiger partial charge in [-0.1, -0.05) is 89.5 Å². The molecule has 0 bridgehead atoms. The van der Waals surface area contributed by atoms with Crippen molar-refractivity contribution in [2.75, 3.05) is 0 Å². The summed E-state index contributed by atoms with van der Waals surface area (Å²) in [6.07, 6.45) is 2.75. The summed E-state index contributed by atoms with van der Waals surface area (Å²) in [5.41, 5.74) is 11.0. The molecule has 3 aromatic heterocycles. The molecule has 0 saturated heterocycles. The molecule has 0 spiro atoms. The maximum atomic E-state index is 6.68. The van der Waals surface area contributed by atoms with Gasteiger partial charge in [-0.2, -0.15) is 16.7 Å². The molecule has 0 aliphatic rings. The van der Waals surface area contributed by atoms with Crippen molar-refractivity contribution >= 4 is 21.8 Å². The van der Waals surface area contributed by atoms with E-state index < -0.39 is 0 Å². The van der Waals surface area contributed by atoms with Crippen LogP contribution in [0.5, 0.6) is 11.5 Å². The zero-order valence-corrected chi connectivity index (χ0v) is 33.3. The molecule has 0 N–H and O–H groups in total. The average molecular weight is 854 g/mol. The first-order valence-corrected chi connectivity index (χ1v) is 17.7. The van der Waals surface area contributed by atoms with Gasteiger partial charge >= 0.3 is 21.1 Å². The molecule has 0 amide bonds. The zero-order chi connectivity index (χ0) is 35.3. The summed E-state index contributed by atoms with van der Waals surface area (Å²) in [5, 5.41) is 7.31. The number of pyridine rings is 1. The van der Waals surface area contributed by atoms with Crippen molar-refractivity contribution in [3.63, 3.8) is 0 Å². The number of hydrogen-bond acceptors (Lipinski definition) is 3. The summed E-state index contributed by atoms with van der Waals surface area (Å²) in [4.78, 5) is 4.80. The Morgan fingerprint density at radius 1 is 0.804 bits per heavy atom. The Hall–Kier alpha value is -4.47. The van der Waals surface area contributed by atoms with Crippen LogP contribution in [0.4, 0.5) is 0 Å². The van der Waals surface area contributed by atoms with Gasteiger partial charge in [0.15, 0.2) is 0 Å². The minimum atomic E-state index is 0. The molecule has 0 aliphatic heterocycles. The van der Waals surface area contributed by atoms with Gasteiger partial charge in [-0.3, -0.25) is 4.68 Å². The number of fused-ring (bicyclic) bond motifs is 3. The van der Waals surface area contributed by atoms with Crippen molar-refractivity contribution in [1.29, 1.82) is 0 Å². The number of ether oxygens (including phenoxy) is 1. The minimum Gasteiger partial charge on any atom is -0.509 e. The number of benzene rings is 4. The molecule has 0 saturated carbocycles. The molecule has 7 aromatic rings. The third kappa shape index (κ3) is 7.32. The Balaban J connectivity index is 0.00000448. The Kier molecular flexibility index (Phi) is 10.2. The number of nitrogens with zero attached hydrogens (tertiary/aromatic N) is 4. The van der Waals surface area contributed by atoms with E-state index in [1.54, 1.807) is 0 Å². The third-order valence-electron chi connectivity index (χ3n) is 9.76. The summed E-state index contributed by atoms with van der Waals surface area (Å²) in [6, 6.07) is 37.1. The fourth-order valence-electron chi connectivity index (χ4n) is 7.04. The molecule has 3 heterocycles. The molecule has 1 atom stereocenters. The van der Waals surface area contributed by atoms with Crippen LogP contribution in [0.15, 0.2) is 91.1 Å². The smallest absolute Gasteiger partial charge is 0.509 e. The van der Waals surface area contributed by atoms with Crippen molar-refractivity contribution in [2.24, 2.45) is 11.3 Å². The predicted octanol–water partition coefficient (Wildman–Crippen LogP) is 11.7. The van der Waals surface area contributed by atoms with Crippen molar-refractivity contribution in [1.82, 2.24) is 19.3 Å². The van der Waals surface area contributed by atoms with Crippen LogP contribution in [0.1, 0.15) is 75.5 Å². The second-order valence-corrected chi connectivity index (χ2v) is 15.3. The molecule has 5 nitrogen and oxygen atoms in total. The zero-order valence-electron chi connectivity index (χ0n) is 31.0. The molecule has 262 valence electrons. The van der Waals surface area contributed by atoms with Crippen molar-refractivity contribution in [2.45, 2.75) is 74.7 Å². The van der Waals surface area contributed by atoms with Crippen LogP contribution in [0, 0.1) is 44.2 Å². The summed E-state index contributed by atoms with van der Waals surface area (Å²) in [7, 11) is 0. The van der Waals surface area contributed by atoms with Crippen LogP contribution in [-0.2, 0) is 27.5 Å². The van der Waals surface area contributed by atoms with Gasteiger partial charge in [0.25, 0.3) is 0 Å². The molecule has 0 aliphatic carbocycles. The van der Waals surface area contributed by atoms with Crippen LogP contribution < -0.4 is 4.74 Å². The van der Waals surface area contributed by atoms with Gasteiger partial charge in [0.1, 0.15) is 5.82 Å². The first kappa shape index (κ1) is 36.3. The van der Waals surface area contributed by atoms with E-state index in [1.807, 2.05) is 29.1 Å². The van der Waals surface area contributed by atoms with Crippen molar-refractivity contribution in [3.05, 3.63) is 131 Å². The van der Waals surface area contributed by atoms with Gasteiger partial charge in [0.2, 0.25) is 0 Å². The van der Waals surface area contributed by atoms with Crippen LogP contribution >= 0.6 is 0 Å². The molecular weight excluding hydrogens is 808 g/mol. The number of rotatable bonds is 8. The molecule has 1 unspecified atom stereocenters. The maximum absolute atomic E-state index is 6.68. The predicted molar refractivity (Wildman–Crippen MR) is 206 cm³/mol. The fourth-order valence-corrected chi connectivity index (χ4v) is 7.04. The van der Waals surface area contributed by atoms with Crippen LogP contribution in [-0.4, -0.2) is 19.3 Å². The summed E-state index contributed by atoms with van der Waals surface area (Å²) in [5.74, 6) is 3.11. The quantitative estimate of drug-likeness (QED) is 0.143. The second kappa shape index (κ2) is 14.3. The van der Waals surface area contributed by atoms with E-state index in [0.717, 1.165) is 62.4 Å². The van der Waals surface area contributed by atoms with E-state index in [0.29, 0.717) is 23.3 Å². The largest absolute Gasteiger partial charge is 2.00 e. The third-order valence-corrected chi connectivity index (χ3v) is 9.76. The van der Waals surface area contributed by atoms with Gasteiger partial charge in [-0.25, -0.2) is 4.98 Å². The molecule has 6 heteroatoms. The van der Waals surface area contributed by atoms with Gasteiger partial charge in [0, 0.05) is 34.5 Å². The van der Waals surface area contributed by atoms with Gasteiger partial charge in [-0.05, 0) is 90.4 Å². The SMILES string of the molecule is Cc1ccnc(-n2c3[c-]c(Oc4[c-]c(-n5nc(C)c(-c6ccccc6)c5C)cc(CC(C)(C)C)c4)ccc3c3cc(C(C)C(C)C)ccc32)c1.[Pt+2]. The van der Waals surface area contributed by atoms with Gasteiger partial charge in [0.05, 0.1) is 5.69 Å². The Bertz CT molecular complexity index is 2340. The molecule has 0 fully saturated rings.